The summed E-state index contributed by atoms with van der Waals surface area (Å²) in [6.07, 6.45) is 2.50. The average molecular weight is 216 g/mol. The summed E-state index contributed by atoms with van der Waals surface area (Å²) in [5.74, 6) is 0.0276. The van der Waals surface area contributed by atoms with Gasteiger partial charge in [0.2, 0.25) is 5.91 Å². The quantitative estimate of drug-likeness (QED) is 0.511. The van der Waals surface area contributed by atoms with Crippen molar-refractivity contribution in [2.75, 3.05) is 32.9 Å². The van der Waals surface area contributed by atoms with Crippen LogP contribution in [0.5, 0.6) is 0 Å². The summed E-state index contributed by atoms with van der Waals surface area (Å²) in [5.41, 5.74) is 0. The van der Waals surface area contributed by atoms with Gasteiger partial charge in [-0.25, -0.2) is 0 Å². The number of ether oxygens (including phenoxy) is 1. The van der Waals surface area contributed by atoms with Crippen LogP contribution in [0.1, 0.15) is 19.3 Å². The number of hydrogen-bond acceptors (Lipinski definition) is 4. The van der Waals surface area contributed by atoms with Gasteiger partial charge in [-0.05, 0) is 25.8 Å². The van der Waals surface area contributed by atoms with Gasteiger partial charge >= 0.3 is 0 Å². The van der Waals surface area contributed by atoms with Gasteiger partial charge in [0.25, 0.3) is 0 Å². The van der Waals surface area contributed by atoms with Gasteiger partial charge in [0.15, 0.2) is 0 Å². The van der Waals surface area contributed by atoms with Crippen molar-refractivity contribution in [3.63, 3.8) is 0 Å². The van der Waals surface area contributed by atoms with Gasteiger partial charge in [-0.1, -0.05) is 0 Å². The van der Waals surface area contributed by atoms with Crippen LogP contribution in [0, 0.1) is 0 Å². The average Bonchev–Trinajstić information content (AvgIpc) is 2.26. The van der Waals surface area contributed by atoms with Crippen LogP contribution >= 0.6 is 0 Å². The van der Waals surface area contributed by atoms with E-state index in [0.717, 1.165) is 26.1 Å². The van der Waals surface area contributed by atoms with Crippen molar-refractivity contribution < 1.29 is 14.6 Å². The fourth-order valence-electron chi connectivity index (χ4n) is 1.53. The molecule has 1 amide bonds. The Morgan fingerprint density at radius 1 is 1.40 bits per heavy atom. The van der Waals surface area contributed by atoms with Crippen LogP contribution in [0.25, 0.3) is 0 Å². The summed E-state index contributed by atoms with van der Waals surface area (Å²) >= 11 is 0. The van der Waals surface area contributed by atoms with E-state index in [2.05, 4.69) is 10.6 Å². The molecule has 5 nitrogen and oxygen atoms in total. The maximum Gasteiger partial charge on any atom is 0.234 e. The zero-order chi connectivity index (χ0) is 10.9. The first-order valence-corrected chi connectivity index (χ1v) is 5.51. The summed E-state index contributed by atoms with van der Waals surface area (Å²) < 4.78 is 5.20. The van der Waals surface area contributed by atoms with E-state index in [0.29, 0.717) is 19.5 Å². The molecular weight excluding hydrogens is 196 g/mol. The number of nitrogens with one attached hydrogen (secondary N) is 2. The number of carbonyl (C=O) groups excluding carboxylic acids is 1. The molecule has 0 aliphatic carbocycles. The summed E-state index contributed by atoms with van der Waals surface area (Å²) in [7, 11) is 0. The van der Waals surface area contributed by atoms with Gasteiger partial charge in [-0.3, -0.25) is 4.79 Å². The Morgan fingerprint density at radius 2 is 2.13 bits per heavy atom. The number of hydrogen-bond donors (Lipinski definition) is 3. The molecule has 0 radical (unpaired) electrons. The smallest absolute Gasteiger partial charge is 0.234 e. The van der Waals surface area contributed by atoms with E-state index in [1.807, 2.05) is 0 Å². The van der Waals surface area contributed by atoms with Crippen molar-refractivity contribution in [2.24, 2.45) is 0 Å². The summed E-state index contributed by atoms with van der Waals surface area (Å²) in [6, 6.07) is 0.269. The maximum atomic E-state index is 11.4. The minimum atomic E-state index is 0.0276. The Balaban J connectivity index is 2.01. The molecular formula is C10H20N2O3. The molecule has 0 atom stereocenters. The largest absolute Gasteiger partial charge is 0.396 e. The van der Waals surface area contributed by atoms with E-state index in [1.165, 1.54) is 0 Å². The fraction of sp³-hybridized carbons (Fsp3) is 0.900. The van der Waals surface area contributed by atoms with Gasteiger partial charge in [0, 0.05) is 25.9 Å². The fourth-order valence-corrected chi connectivity index (χ4v) is 1.53. The number of carbonyl (C=O) groups is 1. The SMILES string of the molecule is O=C(CNCCCO)NC1CCOCC1. The van der Waals surface area contributed by atoms with E-state index in [1.54, 1.807) is 0 Å². The minimum Gasteiger partial charge on any atom is -0.396 e. The molecule has 0 aromatic carbocycles. The van der Waals surface area contributed by atoms with Gasteiger partial charge in [0.05, 0.1) is 6.54 Å². The minimum absolute atomic E-state index is 0.0276. The Labute approximate surface area is 90.2 Å². The third-order valence-corrected chi connectivity index (χ3v) is 2.38. The lowest BCUT2D eigenvalue weighted by molar-refractivity contribution is -0.121. The molecule has 0 aromatic rings. The first kappa shape index (κ1) is 12.4. The lowest BCUT2D eigenvalue weighted by Crippen LogP contribution is -2.43. The van der Waals surface area contributed by atoms with Crippen LogP contribution in [0.3, 0.4) is 0 Å². The summed E-state index contributed by atoms with van der Waals surface area (Å²) in [6.45, 7) is 2.65. The third kappa shape index (κ3) is 5.71. The van der Waals surface area contributed by atoms with Gasteiger partial charge < -0.3 is 20.5 Å². The standard InChI is InChI=1S/C10H20N2O3/c13-5-1-4-11-8-10(14)12-9-2-6-15-7-3-9/h9,11,13H,1-8H2,(H,12,14). The predicted molar refractivity (Wildman–Crippen MR) is 56.6 cm³/mol. The number of amides is 1. The Morgan fingerprint density at radius 3 is 2.80 bits per heavy atom. The number of aliphatic hydroxyl groups is 1. The van der Waals surface area contributed by atoms with Crippen molar-refractivity contribution in [3.8, 4) is 0 Å². The molecule has 1 saturated heterocycles. The molecule has 1 aliphatic rings. The van der Waals surface area contributed by atoms with Crippen molar-refractivity contribution in [2.45, 2.75) is 25.3 Å². The summed E-state index contributed by atoms with van der Waals surface area (Å²) in [5, 5.41) is 14.5. The first-order valence-electron chi connectivity index (χ1n) is 5.51. The normalized spacial score (nSPS) is 17.7. The van der Waals surface area contributed by atoms with Crippen LogP contribution in [-0.2, 0) is 9.53 Å². The first-order chi connectivity index (χ1) is 7.33. The number of aliphatic hydroxyl groups excluding tert-OH is 1. The molecule has 5 heteroatoms. The highest BCUT2D eigenvalue weighted by Gasteiger charge is 2.15. The maximum absolute atomic E-state index is 11.4. The molecule has 0 unspecified atom stereocenters. The molecule has 0 bridgehead atoms. The molecule has 0 saturated carbocycles. The molecule has 15 heavy (non-hydrogen) atoms. The van der Waals surface area contributed by atoms with E-state index in [4.69, 9.17) is 9.84 Å². The van der Waals surface area contributed by atoms with Gasteiger partial charge in [-0.2, -0.15) is 0 Å². The van der Waals surface area contributed by atoms with E-state index in [9.17, 15) is 4.79 Å². The molecule has 1 aliphatic heterocycles. The summed E-state index contributed by atoms with van der Waals surface area (Å²) in [4.78, 5) is 11.4. The predicted octanol–water partition coefficient (Wildman–Crippen LogP) is -0.746. The highest BCUT2D eigenvalue weighted by molar-refractivity contribution is 5.78. The molecule has 88 valence electrons. The van der Waals surface area contributed by atoms with Gasteiger partial charge in [-0.15, -0.1) is 0 Å². The van der Waals surface area contributed by atoms with Crippen molar-refractivity contribution >= 4 is 5.91 Å². The van der Waals surface area contributed by atoms with E-state index in [-0.39, 0.29) is 18.6 Å². The molecule has 1 rings (SSSR count). The van der Waals surface area contributed by atoms with Crippen LogP contribution < -0.4 is 10.6 Å². The Bertz CT molecular complexity index is 182. The topological polar surface area (TPSA) is 70.6 Å². The lowest BCUT2D eigenvalue weighted by atomic mass is 10.1. The van der Waals surface area contributed by atoms with Crippen molar-refractivity contribution in [1.29, 1.82) is 0 Å². The van der Waals surface area contributed by atoms with Crippen LogP contribution in [-0.4, -0.2) is 50.0 Å². The second-order valence-electron chi connectivity index (χ2n) is 3.71. The molecule has 0 spiro atoms. The molecule has 0 aromatic heterocycles. The van der Waals surface area contributed by atoms with E-state index < -0.39 is 0 Å². The van der Waals surface area contributed by atoms with Gasteiger partial charge in [0.1, 0.15) is 0 Å². The Kier molecular flexibility index (Phi) is 6.31. The second kappa shape index (κ2) is 7.62. The zero-order valence-electron chi connectivity index (χ0n) is 9.00. The highest BCUT2D eigenvalue weighted by atomic mass is 16.5. The van der Waals surface area contributed by atoms with Crippen molar-refractivity contribution in [1.82, 2.24) is 10.6 Å². The lowest BCUT2D eigenvalue weighted by Gasteiger charge is -2.23. The highest BCUT2D eigenvalue weighted by Crippen LogP contribution is 2.05. The zero-order valence-corrected chi connectivity index (χ0v) is 9.00. The van der Waals surface area contributed by atoms with E-state index >= 15 is 0 Å². The van der Waals surface area contributed by atoms with Crippen LogP contribution in [0.2, 0.25) is 0 Å². The molecule has 1 heterocycles. The third-order valence-electron chi connectivity index (χ3n) is 2.38. The number of rotatable bonds is 6. The second-order valence-corrected chi connectivity index (χ2v) is 3.71. The Hall–Kier alpha value is -0.650. The van der Waals surface area contributed by atoms with Crippen LogP contribution in [0.4, 0.5) is 0 Å². The molecule has 3 N–H and O–H groups in total. The van der Waals surface area contributed by atoms with Crippen LogP contribution in [0.15, 0.2) is 0 Å². The molecule has 1 fully saturated rings. The monoisotopic (exact) mass is 216 g/mol. The van der Waals surface area contributed by atoms with Crippen molar-refractivity contribution in [3.05, 3.63) is 0 Å².